The molecule has 6 heteroatoms. The normalized spacial score (nSPS) is 14.7. The molecule has 2 aromatic rings. The van der Waals surface area contributed by atoms with E-state index in [0.717, 1.165) is 34.9 Å². The maximum atomic E-state index is 4.24. The number of rotatable bonds is 4. The molecular formula is C14H16BrN5. The Labute approximate surface area is 126 Å². The van der Waals surface area contributed by atoms with Crippen molar-refractivity contribution in [2.45, 2.75) is 13.0 Å². The summed E-state index contributed by atoms with van der Waals surface area (Å²) >= 11 is 3.53. The Kier molecular flexibility index (Phi) is 3.84. The summed E-state index contributed by atoms with van der Waals surface area (Å²) in [5, 5.41) is 9.87. The number of halogens is 1. The topological polar surface area (TPSA) is 61.9 Å². The molecule has 1 aliphatic rings. The van der Waals surface area contributed by atoms with E-state index in [1.54, 1.807) is 6.33 Å². The number of hydrogen-bond donors (Lipinski definition) is 3. The van der Waals surface area contributed by atoms with Crippen LogP contribution in [0.15, 0.2) is 35.1 Å². The molecule has 0 aliphatic carbocycles. The number of anilines is 3. The summed E-state index contributed by atoms with van der Waals surface area (Å²) in [7, 11) is 0. The fourth-order valence-electron chi connectivity index (χ4n) is 1.92. The van der Waals surface area contributed by atoms with Gasteiger partial charge in [0.1, 0.15) is 18.0 Å². The van der Waals surface area contributed by atoms with Crippen molar-refractivity contribution in [3.63, 3.8) is 0 Å². The highest BCUT2D eigenvalue weighted by Crippen LogP contribution is 2.23. The molecular weight excluding hydrogens is 318 g/mol. The number of nitrogens with one attached hydrogen (secondary N) is 3. The molecule has 1 fully saturated rings. The fraction of sp³-hybridized carbons (Fsp3) is 0.286. The van der Waals surface area contributed by atoms with E-state index in [1.807, 2.05) is 18.2 Å². The van der Waals surface area contributed by atoms with Crippen LogP contribution in [0.5, 0.6) is 0 Å². The molecule has 0 bridgehead atoms. The van der Waals surface area contributed by atoms with Gasteiger partial charge >= 0.3 is 0 Å². The van der Waals surface area contributed by atoms with Crippen molar-refractivity contribution in [2.24, 2.45) is 0 Å². The third-order valence-electron chi connectivity index (χ3n) is 3.24. The van der Waals surface area contributed by atoms with Crippen LogP contribution in [0.4, 0.5) is 17.3 Å². The summed E-state index contributed by atoms with van der Waals surface area (Å²) in [5.41, 5.74) is 2.20. The van der Waals surface area contributed by atoms with Gasteiger partial charge in [-0.05, 0) is 24.6 Å². The van der Waals surface area contributed by atoms with Crippen LogP contribution in [-0.4, -0.2) is 29.1 Å². The predicted octanol–water partition coefficient (Wildman–Crippen LogP) is 2.67. The summed E-state index contributed by atoms with van der Waals surface area (Å²) in [5.74, 6) is 1.63. The van der Waals surface area contributed by atoms with Crippen LogP contribution in [0.25, 0.3) is 0 Å². The summed E-state index contributed by atoms with van der Waals surface area (Å²) in [6.07, 6.45) is 1.57. The van der Waals surface area contributed by atoms with Gasteiger partial charge in [-0.2, -0.15) is 0 Å². The first-order chi connectivity index (χ1) is 9.70. The Bertz CT molecular complexity index is 612. The molecule has 5 nitrogen and oxygen atoms in total. The van der Waals surface area contributed by atoms with Crippen LogP contribution >= 0.6 is 15.9 Å². The van der Waals surface area contributed by atoms with Gasteiger partial charge in [0.2, 0.25) is 0 Å². The lowest BCUT2D eigenvalue weighted by atomic mass is 10.2. The molecule has 1 aromatic heterocycles. The maximum absolute atomic E-state index is 4.24. The second-order valence-electron chi connectivity index (χ2n) is 4.88. The average molecular weight is 334 g/mol. The summed E-state index contributed by atoms with van der Waals surface area (Å²) in [6.45, 7) is 4.03. The number of aryl methyl sites for hydroxylation is 1. The molecule has 0 atom stereocenters. The molecule has 1 aromatic carbocycles. The maximum Gasteiger partial charge on any atom is 0.135 e. The number of benzene rings is 1. The predicted molar refractivity (Wildman–Crippen MR) is 84.5 cm³/mol. The lowest BCUT2D eigenvalue weighted by molar-refractivity contribution is 0.471. The number of nitrogens with zero attached hydrogens (tertiary/aromatic N) is 2. The Hall–Kier alpha value is -1.66. The summed E-state index contributed by atoms with van der Waals surface area (Å²) < 4.78 is 1.08. The summed E-state index contributed by atoms with van der Waals surface area (Å²) in [4.78, 5) is 8.48. The molecule has 0 saturated carbocycles. The van der Waals surface area contributed by atoms with Crippen molar-refractivity contribution >= 4 is 33.3 Å². The van der Waals surface area contributed by atoms with Crippen molar-refractivity contribution in [3.8, 4) is 0 Å². The molecule has 0 spiro atoms. The molecule has 1 aliphatic heterocycles. The van der Waals surface area contributed by atoms with E-state index in [2.05, 4.69) is 54.8 Å². The number of hydrogen-bond acceptors (Lipinski definition) is 5. The standard InChI is InChI=1S/C14H16BrN5/c1-9-2-3-10(4-12(9)15)19-13-5-14(18-8-17-13)20-11-6-16-7-11/h2-5,8,11,16H,6-7H2,1H3,(H2,17,18,19,20). The Morgan fingerprint density at radius 1 is 1.20 bits per heavy atom. The highest BCUT2D eigenvalue weighted by molar-refractivity contribution is 9.10. The second kappa shape index (κ2) is 5.76. The van der Waals surface area contributed by atoms with Crippen molar-refractivity contribution < 1.29 is 0 Å². The monoisotopic (exact) mass is 333 g/mol. The zero-order valence-electron chi connectivity index (χ0n) is 11.2. The first-order valence-electron chi connectivity index (χ1n) is 6.53. The SMILES string of the molecule is Cc1ccc(Nc2cc(NC3CNC3)ncn2)cc1Br. The lowest BCUT2D eigenvalue weighted by Crippen LogP contribution is -2.51. The first kappa shape index (κ1) is 13.3. The highest BCUT2D eigenvalue weighted by atomic mass is 79.9. The van der Waals surface area contributed by atoms with Crippen LogP contribution in [0, 0.1) is 6.92 Å². The Balaban J connectivity index is 1.72. The minimum Gasteiger partial charge on any atom is -0.365 e. The first-order valence-corrected chi connectivity index (χ1v) is 7.32. The number of aromatic nitrogens is 2. The van der Waals surface area contributed by atoms with E-state index < -0.39 is 0 Å². The third-order valence-corrected chi connectivity index (χ3v) is 4.10. The van der Waals surface area contributed by atoms with E-state index in [9.17, 15) is 0 Å². The molecule has 0 amide bonds. The minimum absolute atomic E-state index is 0.464. The van der Waals surface area contributed by atoms with Gasteiger partial charge < -0.3 is 16.0 Å². The van der Waals surface area contributed by atoms with Gasteiger partial charge in [-0.3, -0.25) is 0 Å². The van der Waals surface area contributed by atoms with Gasteiger partial charge in [-0.15, -0.1) is 0 Å². The zero-order chi connectivity index (χ0) is 13.9. The van der Waals surface area contributed by atoms with Crippen LogP contribution in [-0.2, 0) is 0 Å². The quantitative estimate of drug-likeness (QED) is 0.802. The van der Waals surface area contributed by atoms with Crippen LogP contribution in [0.3, 0.4) is 0 Å². The van der Waals surface area contributed by atoms with E-state index >= 15 is 0 Å². The third kappa shape index (κ3) is 3.08. The molecule has 0 unspecified atom stereocenters. The van der Waals surface area contributed by atoms with Gasteiger partial charge in [0.05, 0.1) is 6.04 Å². The van der Waals surface area contributed by atoms with Gasteiger partial charge in [0, 0.05) is 29.3 Å². The largest absolute Gasteiger partial charge is 0.365 e. The Morgan fingerprint density at radius 3 is 2.70 bits per heavy atom. The van der Waals surface area contributed by atoms with Gasteiger partial charge in [-0.1, -0.05) is 22.0 Å². The minimum atomic E-state index is 0.464. The molecule has 1 saturated heterocycles. The van der Waals surface area contributed by atoms with Gasteiger partial charge in [0.15, 0.2) is 0 Å². The van der Waals surface area contributed by atoms with Gasteiger partial charge in [-0.25, -0.2) is 9.97 Å². The van der Waals surface area contributed by atoms with E-state index in [4.69, 9.17) is 0 Å². The van der Waals surface area contributed by atoms with E-state index in [-0.39, 0.29) is 0 Å². The van der Waals surface area contributed by atoms with Crippen molar-refractivity contribution in [1.82, 2.24) is 15.3 Å². The zero-order valence-corrected chi connectivity index (χ0v) is 12.7. The molecule has 2 heterocycles. The van der Waals surface area contributed by atoms with Gasteiger partial charge in [0.25, 0.3) is 0 Å². The van der Waals surface area contributed by atoms with Crippen molar-refractivity contribution in [2.75, 3.05) is 23.7 Å². The van der Waals surface area contributed by atoms with Crippen LogP contribution in [0.1, 0.15) is 5.56 Å². The van der Waals surface area contributed by atoms with Crippen molar-refractivity contribution in [1.29, 1.82) is 0 Å². The van der Waals surface area contributed by atoms with E-state index in [0.29, 0.717) is 6.04 Å². The van der Waals surface area contributed by atoms with Crippen molar-refractivity contribution in [3.05, 3.63) is 40.6 Å². The fourth-order valence-corrected chi connectivity index (χ4v) is 2.30. The summed E-state index contributed by atoms with van der Waals surface area (Å²) in [6, 6.07) is 8.52. The molecule has 20 heavy (non-hydrogen) atoms. The lowest BCUT2D eigenvalue weighted by Gasteiger charge is -2.28. The smallest absolute Gasteiger partial charge is 0.135 e. The highest BCUT2D eigenvalue weighted by Gasteiger charge is 2.16. The second-order valence-corrected chi connectivity index (χ2v) is 5.73. The average Bonchev–Trinajstić information content (AvgIpc) is 2.39. The van der Waals surface area contributed by atoms with E-state index in [1.165, 1.54) is 5.56 Å². The van der Waals surface area contributed by atoms with Crippen LogP contribution in [0.2, 0.25) is 0 Å². The molecule has 104 valence electrons. The molecule has 0 radical (unpaired) electrons. The Morgan fingerprint density at radius 2 is 2.00 bits per heavy atom. The van der Waals surface area contributed by atoms with Crippen LogP contribution < -0.4 is 16.0 Å². The molecule has 3 rings (SSSR count). The molecule has 3 N–H and O–H groups in total.